The van der Waals surface area contributed by atoms with Gasteiger partial charge < -0.3 is 15.2 Å². The van der Waals surface area contributed by atoms with Gasteiger partial charge in [-0.2, -0.15) is 0 Å². The van der Waals surface area contributed by atoms with Crippen LogP contribution in [0.2, 0.25) is 0 Å². The van der Waals surface area contributed by atoms with Crippen LogP contribution in [0.5, 0.6) is 0 Å². The summed E-state index contributed by atoms with van der Waals surface area (Å²) in [5.74, 6) is -3.44. The van der Waals surface area contributed by atoms with Crippen molar-refractivity contribution in [2.45, 2.75) is 64.2 Å². The van der Waals surface area contributed by atoms with E-state index in [9.17, 15) is 19.5 Å². The largest absolute Gasteiger partial charge is 0.461 e. The molecule has 0 spiro atoms. The number of esters is 1. The number of hydrogen-bond donors (Lipinski definition) is 4. The number of ether oxygens (including phenoxy) is 1. The minimum absolute atomic E-state index is 0.00694. The third-order valence-corrected chi connectivity index (χ3v) is 5.06. The first-order chi connectivity index (χ1) is 13.8. The lowest BCUT2D eigenvalue weighted by molar-refractivity contribution is -0.154. The van der Waals surface area contributed by atoms with E-state index in [2.05, 4.69) is 5.32 Å². The summed E-state index contributed by atoms with van der Waals surface area (Å²) in [7, 11) is 0. The highest BCUT2D eigenvalue weighted by Crippen LogP contribution is 2.25. The molecule has 1 aliphatic rings. The number of carbonyl (C=O) groups is 3. The molecule has 3 atom stereocenters. The SMILES string of the molecule is CC(C)C[C@@H](C(=O)N[C@@H](C(=O)OC1CCCC1)c1ccccc1)[C@H](O)C(=O)NO. The fourth-order valence-electron chi connectivity index (χ4n) is 3.55. The highest BCUT2D eigenvalue weighted by Gasteiger charge is 2.36. The molecule has 0 aromatic heterocycles. The van der Waals surface area contributed by atoms with Gasteiger partial charge in [-0.3, -0.25) is 14.8 Å². The van der Waals surface area contributed by atoms with Crippen molar-refractivity contribution < 1.29 is 29.4 Å². The van der Waals surface area contributed by atoms with Gasteiger partial charge in [-0.25, -0.2) is 10.3 Å². The van der Waals surface area contributed by atoms with Crippen LogP contribution >= 0.6 is 0 Å². The lowest BCUT2D eigenvalue weighted by atomic mass is 9.90. The summed E-state index contributed by atoms with van der Waals surface area (Å²) in [5, 5.41) is 21.6. The van der Waals surface area contributed by atoms with Gasteiger partial charge in [0, 0.05) is 0 Å². The van der Waals surface area contributed by atoms with Crippen molar-refractivity contribution in [2.75, 3.05) is 0 Å². The Morgan fingerprint density at radius 1 is 1.10 bits per heavy atom. The molecular formula is C21H30N2O6. The predicted molar refractivity (Wildman–Crippen MR) is 105 cm³/mol. The van der Waals surface area contributed by atoms with E-state index in [0.717, 1.165) is 25.7 Å². The number of nitrogens with one attached hydrogen (secondary N) is 2. The molecule has 1 aromatic rings. The van der Waals surface area contributed by atoms with E-state index in [0.29, 0.717) is 5.56 Å². The fraction of sp³-hybridized carbons (Fsp3) is 0.571. The molecular weight excluding hydrogens is 376 g/mol. The third-order valence-electron chi connectivity index (χ3n) is 5.06. The summed E-state index contributed by atoms with van der Waals surface area (Å²) in [6.07, 6.45) is 1.88. The summed E-state index contributed by atoms with van der Waals surface area (Å²) in [4.78, 5) is 37.4. The van der Waals surface area contributed by atoms with Crippen molar-refractivity contribution in [1.82, 2.24) is 10.8 Å². The van der Waals surface area contributed by atoms with E-state index in [4.69, 9.17) is 9.94 Å². The molecule has 8 heteroatoms. The molecule has 160 valence electrons. The lowest BCUT2D eigenvalue weighted by Crippen LogP contribution is -2.47. The van der Waals surface area contributed by atoms with Crippen LogP contribution in [0, 0.1) is 11.8 Å². The topological polar surface area (TPSA) is 125 Å². The second kappa shape index (κ2) is 10.9. The highest BCUT2D eigenvalue weighted by atomic mass is 16.5. The van der Waals surface area contributed by atoms with E-state index in [1.54, 1.807) is 30.3 Å². The number of hydroxylamine groups is 1. The molecule has 0 aliphatic heterocycles. The first kappa shape index (κ1) is 22.8. The number of carbonyl (C=O) groups excluding carboxylic acids is 3. The fourth-order valence-corrected chi connectivity index (χ4v) is 3.55. The summed E-state index contributed by atoms with van der Waals surface area (Å²) in [5.41, 5.74) is 1.92. The van der Waals surface area contributed by atoms with Crippen LogP contribution in [0.3, 0.4) is 0 Å². The number of hydrogen-bond acceptors (Lipinski definition) is 6. The van der Waals surface area contributed by atoms with Gasteiger partial charge in [0.25, 0.3) is 5.91 Å². The maximum atomic E-state index is 12.9. The summed E-state index contributed by atoms with van der Waals surface area (Å²) in [6.45, 7) is 3.68. The molecule has 1 saturated carbocycles. The maximum absolute atomic E-state index is 12.9. The third kappa shape index (κ3) is 6.54. The summed E-state index contributed by atoms with van der Waals surface area (Å²) < 4.78 is 5.58. The van der Waals surface area contributed by atoms with Crippen molar-refractivity contribution in [2.24, 2.45) is 11.8 Å². The Labute approximate surface area is 170 Å². The zero-order valence-electron chi connectivity index (χ0n) is 16.8. The molecule has 1 aromatic carbocycles. The van der Waals surface area contributed by atoms with Crippen LogP contribution in [0.1, 0.15) is 57.6 Å². The van der Waals surface area contributed by atoms with Crippen LogP contribution in [0.15, 0.2) is 30.3 Å². The van der Waals surface area contributed by atoms with E-state index < -0.39 is 35.8 Å². The number of aliphatic hydroxyl groups excluding tert-OH is 1. The molecule has 2 amide bonds. The van der Waals surface area contributed by atoms with Crippen molar-refractivity contribution >= 4 is 17.8 Å². The van der Waals surface area contributed by atoms with E-state index >= 15 is 0 Å². The van der Waals surface area contributed by atoms with Gasteiger partial charge in [0.2, 0.25) is 5.91 Å². The van der Waals surface area contributed by atoms with Gasteiger partial charge >= 0.3 is 5.97 Å². The Kier molecular flexibility index (Phi) is 8.60. The summed E-state index contributed by atoms with van der Waals surface area (Å²) >= 11 is 0. The van der Waals surface area contributed by atoms with E-state index in [-0.39, 0.29) is 18.4 Å². The second-order valence-electron chi connectivity index (χ2n) is 7.85. The highest BCUT2D eigenvalue weighted by molar-refractivity contribution is 5.91. The molecule has 2 rings (SSSR count). The average Bonchev–Trinajstić information content (AvgIpc) is 3.22. The molecule has 8 nitrogen and oxygen atoms in total. The number of rotatable bonds is 9. The van der Waals surface area contributed by atoms with Crippen LogP contribution in [0.4, 0.5) is 0 Å². The Hall–Kier alpha value is -2.45. The van der Waals surface area contributed by atoms with E-state index in [1.165, 1.54) is 5.48 Å². The predicted octanol–water partition coefficient (Wildman–Crippen LogP) is 1.86. The molecule has 0 unspecified atom stereocenters. The molecule has 4 N–H and O–H groups in total. The number of benzene rings is 1. The summed E-state index contributed by atoms with van der Waals surface area (Å²) in [6, 6.07) is 7.64. The standard InChI is InChI=1S/C21H30N2O6/c1-13(2)12-16(18(24)20(26)23-28)19(25)22-17(14-8-4-3-5-9-14)21(27)29-15-10-6-7-11-15/h3-5,8-9,13,15-18,24,28H,6-7,10-12H2,1-2H3,(H,22,25)(H,23,26)/t16-,17-,18+/m1/s1. The molecule has 1 aliphatic carbocycles. The minimum atomic E-state index is -1.75. The van der Waals surface area contributed by atoms with Gasteiger partial charge in [-0.1, -0.05) is 44.2 Å². The average molecular weight is 406 g/mol. The monoisotopic (exact) mass is 406 g/mol. The Balaban J connectivity index is 2.21. The minimum Gasteiger partial charge on any atom is -0.461 e. The van der Waals surface area contributed by atoms with Crippen molar-refractivity contribution in [1.29, 1.82) is 0 Å². The van der Waals surface area contributed by atoms with Crippen LogP contribution in [0.25, 0.3) is 0 Å². The molecule has 0 heterocycles. The van der Waals surface area contributed by atoms with Crippen molar-refractivity contribution in [3.63, 3.8) is 0 Å². The Morgan fingerprint density at radius 2 is 1.72 bits per heavy atom. The van der Waals surface area contributed by atoms with Crippen molar-refractivity contribution in [3.8, 4) is 0 Å². The van der Waals surface area contributed by atoms with Crippen LogP contribution in [-0.4, -0.2) is 40.3 Å². The first-order valence-corrected chi connectivity index (χ1v) is 10.0. The van der Waals surface area contributed by atoms with Crippen LogP contribution < -0.4 is 10.8 Å². The maximum Gasteiger partial charge on any atom is 0.333 e. The normalized spacial score (nSPS) is 17.4. The Bertz CT molecular complexity index is 688. The van der Waals surface area contributed by atoms with Gasteiger partial charge in [0.15, 0.2) is 6.04 Å². The molecule has 0 bridgehead atoms. The lowest BCUT2D eigenvalue weighted by Gasteiger charge is -2.26. The number of amides is 2. The van der Waals surface area contributed by atoms with Gasteiger partial charge in [0.1, 0.15) is 12.2 Å². The van der Waals surface area contributed by atoms with Gasteiger partial charge in [-0.15, -0.1) is 0 Å². The van der Waals surface area contributed by atoms with Gasteiger partial charge in [-0.05, 0) is 43.6 Å². The first-order valence-electron chi connectivity index (χ1n) is 10.0. The van der Waals surface area contributed by atoms with Gasteiger partial charge in [0.05, 0.1) is 5.92 Å². The van der Waals surface area contributed by atoms with Crippen LogP contribution in [-0.2, 0) is 19.1 Å². The smallest absolute Gasteiger partial charge is 0.333 e. The number of aliphatic hydroxyl groups is 1. The quantitative estimate of drug-likeness (QED) is 0.282. The van der Waals surface area contributed by atoms with E-state index in [1.807, 2.05) is 13.8 Å². The molecule has 0 saturated heterocycles. The Morgan fingerprint density at radius 3 is 2.28 bits per heavy atom. The molecule has 0 radical (unpaired) electrons. The second-order valence-corrected chi connectivity index (χ2v) is 7.85. The molecule has 29 heavy (non-hydrogen) atoms. The zero-order chi connectivity index (χ0) is 21.4. The van der Waals surface area contributed by atoms with Crippen molar-refractivity contribution in [3.05, 3.63) is 35.9 Å². The molecule has 1 fully saturated rings. The zero-order valence-corrected chi connectivity index (χ0v) is 16.8.